The molecule has 0 bridgehead atoms. The summed E-state index contributed by atoms with van der Waals surface area (Å²) < 4.78 is 14.8. The molecule has 17 heavy (non-hydrogen) atoms. The molecule has 2 rings (SSSR count). The first-order valence-corrected chi connectivity index (χ1v) is 4.98. The Bertz CT molecular complexity index is 478. The van der Waals surface area contributed by atoms with Gasteiger partial charge in [0.25, 0.3) is 0 Å². The zero-order valence-corrected chi connectivity index (χ0v) is 9.47. The molecule has 1 aromatic carbocycles. The van der Waals surface area contributed by atoms with E-state index in [2.05, 4.69) is 4.74 Å². The van der Waals surface area contributed by atoms with Gasteiger partial charge in [0.05, 0.1) is 14.2 Å². The third-order valence-electron chi connectivity index (χ3n) is 2.48. The molecule has 0 saturated heterocycles. The number of aliphatic hydroxyl groups excluding tert-OH is 1. The highest BCUT2D eigenvalue weighted by molar-refractivity contribution is 5.96. The Labute approximate surface area is 98.2 Å². The van der Waals surface area contributed by atoms with Gasteiger partial charge in [-0.25, -0.2) is 4.79 Å². The third-order valence-corrected chi connectivity index (χ3v) is 2.48. The number of ether oxygens (including phenoxy) is 3. The number of benzene rings is 1. The maximum atomic E-state index is 11.0. The number of esters is 1. The number of hydrogen-bond donors (Lipinski definition) is 1. The summed E-state index contributed by atoms with van der Waals surface area (Å²) in [6.07, 6.45) is 0.0342. The molecule has 90 valence electrons. The predicted octanol–water partition coefficient (Wildman–Crippen LogP) is 0.962. The Morgan fingerprint density at radius 3 is 2.47 bits per heavy atom. The van der Waals surface area contributed by atoms with Gasteiger partial charge in [-0.2, -0.15) is 0 Å². The Balaban J connectivity index is 2.40. The van der Waals surface area contributed by atoms with Gasteiger partial charge in [0.1, 0.15) is 0 Å². The molecule has 1 aliphatic heterocycles. The van der Waals surface area contributed by atoms with Crippen molar-refractivity contribution in [3.8, 4) is 11.5 Å². The van der Waals surface area contributed by atoms with Crippen molar-refractivity contribution >= 4 is 11.5 Å². The second kappa shape index (κ2) is 4.47. The van der Waals surface area contributed by atoms with E-state index in [4.69, 9.17) is 9.47 Å². The van der Waals surface area contributed by atoms with Gasteiger partial charge in [-0.1, -0.05) is 6.07 Å². The van der Waals surface area contributed by atoms with E-state index in [1.54, 1.807) is 18.2 Å². The highest BCUT2D eigenvalue weighted by Crippen LogP contribution is 2.33. The van der Waals surface area contributed by atoms with Crippen molar-refractivity contribution in [1.29, 1.82) is 0 Å². The number of carbonyl (C=O) groups excluding carboxylic acids is 1. The smallest absolute Gasteiger partial charge is 0.333 e. The molecular weight excluding hydrogens is 224 g/mol. The summed E-state index contributed by atoms with van der Waals surface area (Å²) in [5.41, 5.74) is 1.07. The third kappa shape index (κ3) is 2.09. The number of carbonyl (C=O) groups is 1. The molecular formula is C12H12O5. The highest BCUT2D eigenvalue weighted by Gasteiger charge is 2.25. The van der Waals surface area contributed by atoms with Crippen LogP contribution in [0.4, 0.5) is 0 Å². The molecule has 0 aliphatic carbocycles. The minimum atomic E-state index is -1.22. The van der Waals surface area contributed by atoms with Crippen LogP contribution >= 0.6 is 0 Å². The van der Waals surface area contributed by atoms with E-state index >= 15 is 0 Å². The van der Waals surface area contributed by atoms with Crippen LogP contribution in [0, 0.1) is 0 Å². The van der Waals surface area contributed by atoms with Crippen LogP contribution in [0.5, 0.6) is 11.5 Å². The van der Waals surface area contributed by atoms with E-state index in [9.17, 15) is 9.90 Å². The second-order valence-electron chi connectivity index (χ2n) is 3.46. The Hall–Kier alpha value is -2.01. The summed E-state index contributed by atoms with van der Waals surface area (Å²) in [4.78, 5) is 11.0. The van der Waals surface area contributed by atoms with Crippen molar-refractivity contribution in [3.63, 3.8) is 0 Å². The van der Waals surface area contributed by atoms with Gasteiger partial charge in [-0.05, 0) is 17.7 Å². The molecule has 1 N–H and O–H groups in total. The molecule has 0 saturated carbocycles. The second-order valence-corrected chi connectivity index (χ2v) is 3.46. The van der Waals surface area contributed by atoms with Crippen LogP contribution in [0.25, 0.3) is 5.57 Å². The lowest BCUT2D eigenvalue weighted by Gasteiger charge is -2.11. The topological polar surface area (TPSA) is 65.0 Å². The summed E-state index contributed by atoms with van der Waals surface area (Å²) in [6, 6.07) is 5.10. The maximum Gasteiger partial charge on any atom is 0.333 e. The molecule has 1 aromatic rings. The van der Waals surface area contributed by atoms with E-state index in [0.29, 0.717) is 22.6 Å². The average Bonchev–Trinajstić information content (AvgIpc) is 2.67. The van der Waals surface area contributed by atoms with E-state index < -0.39 is 12.3 Å². The van der Waals surface area contributed by atoms with Gasteiger partial charge in [0.15, 0.2) is 11.5 Å². The molecule has 1 unspecified atom stereocenters. The van der Waals surface area contributed by atoms with Crippen molar-refractivity contribution in [2.24, 2.45) is 0 Å². The fraction of sp³-hybridized carbons (Fsp3) is 0.250. The zero-order valence-electron chi connectivity index (χ0n) is 9.47. The van der Waals surface area contributed by atoms with Gasteiger partial charge >= 0.3 is 5.97 Å². The summed E-state index contributed by atoms with van der Waals surface area (Å²) in [6.45, 7) is 0. The minimum Gasteiger partial charge on any atom is -0.493 e. The first-order valence-electron chi connectivity index (χ1n) is 4.98. The van der Waals surface area contributed by atoms with Gasteiger partial charge in [0, 0.05) is 11.6 Å². The monoisotopic (exact) mass is 236 g/mol. The molecule has 0 amide bonds. The van der Waals surface area contributed by atoms with Crippen molar-refractivity contribution in [2.75, 3.05) is 14.2 Å². The minimum absolute atomic E-state index is 0.413. The summed E-state index contributed by atoms with van der Waals surface area (Å²) in [5.74, 6) is 0.552. The SMILES string of the molecule is COc1ccc(C2=CC(=O)OC2O)cc1OC. The average molecular weight is 236 g/mol. The molecule has 5 heteroatoms. The number of aliphatic hydroxyl groups is 1. The van der Waals surface area contributed by atoms with Crippen LogP contribution in [-0.4, -0.2) is 31.6 Å². The number of hydrogen-bond acceptors (Lipinski definition) is 5. The number of cyclic esters (lactones) is 1. The van der Waals surface area contributed by atoms with Crippen LogP contribution in [-0.2, 0) is 9.53 Å². The largest absolute Gasteiger partial charge is 0.493 e. The highest BCUT2D eigenvalue weighted by atomic mass is 16.6. The zero-order chi connectivity index (χ0) is 12.4. The van der Waals surface area contributed by atoms with Crippen LogP contribution in [0.15, 0.2) is 24.3 Å². The standard InChI is InChI=1S/C12H12O5/c1-15-9-4-3-7(5-10(9)16-2)8-6-11(13)17-12(8)14/h3-6,12,14H,1-2H3. The van der Waals surface area contributed by atoms with Crippen LogP contribution in [0.1, 0.15) is 5.56 Å². The Morgan fingerprint density at radius 1 is 1.24 bits per heavy atom. The number of rotatable bonds is 3. The van der Waals surface area contributed by atoms with Crippen molar-refractivity contribution < 1.29 is 24.1 Å². The molecule has 0 aromatic heterocycles. The Morgan fingerprint density at radius 2 is 1.94 bits per heavy atom. The van der Waals surface area contributed by atoms with Crippen LogP contribution < -0.4 is 9.47 Å². The summed E-state index contributed by atoms with van der Waals surface area (Å²) in [5, 5.41) is 9.52. The lowest BCUT2D eigenvalue weighted by Crippen LogP contribution is -2.09. The molecule has 0 fully saturated rings. The van der Waals surface area contributed by atoms with Gasteiger partial charge in [0.2, 0.25) is 6.29 Å². The fourth-order valence-corrected chi connectivity index (χ4v) is 1.65. The molecule has 5 nitrogen and oxygen atoms in total. The van der Waals surface area contributed by atoms with Gasteiger partial charge in [-0.3, -0.25) is 0 Å². The van der Waals surface area contributed by atoms with Crippen LogP contribution in [0.3, 0.4) is 0 Å². The van der Waals surface area contributed by atoms with E-state index in [1.165, 1.54) is 20.3 Å². The van der Waals surface area contributed by atoms with Gasteiger partial charge in [-0.15, -0.1) is 0 Å². The molecule has 0 spiro atoms. The molecule has 1 heterocycles. The number of methoxy groups -OCH3 is 2. The summed E-state index contributed by atoms with van der Waals surface area (Å²) >= 11 is 0. The van der Waals surface area contributed by atoms with Crippen molar-refractivity contribution in [2.45, 2.75) is 6.29 Å². The van der Waals surface area contributed by atoms with E-state index in [0.717, 1.165) is 0 Å². The van der Waals surface area contributed by atoms with E-state index in [-0.39, 0.29) is 0 Å². The van der Waals surface area contributed by atoms with Gasteiger partial charge < -0.3 is 19.3 Å². The first-order chi connectivity index (χ1) is 8.15. The summed E-state index contributed by atoms with van der Waals surface area (Å²) in [7, 11) is 3.05. The normalized spacial score (nSPS) is 18.6. The van der Waals surface area contributed by atoms with Crippen molar-refractivity contribution in [3.05, 3.63) is 29.8 Å². The molecule has 1 aliphatic rings. The van der Waals surface area contributed by atoms with Crippen LogP contribution in [0.2, 0.25) is 0 Å². The van der Waals surface area contributed by atoms with E-state index in [1.807, 2.05) is 0 Å². The quantitative estimate of drug-likeness (QED) is 0.792. The predicted molar refractivity (Wildman–Crippen MR) is 59.6 cm³/mol. The lowest BCUT2D eigenvalue weighted by molar-refractivity contribution is -0.149. The Kier molecular flexibility index (Phi) is 3.01. The molecule has 1 atom stereocenters. The lowest BCUT2D eigenvalue weighted by atomic mass is 10.1. The maximum absolute atomic E-state index is 11.0. The molecule has 0 radical (unpaired) electrons. The first kappa shape index (κ1) is 11.5. The fourth-order valence-electron chi connectivity index (χ4n) is 1.65. The van der Waals surface area contributed by atoms with Crippen molar-refractivity contribution in [1.82, 2.24) is 0 Å².